The quantitative estimate of drug-likeness (QED) is 0.550. The van der Waals surface area contributed by atoms with Crippen molar-refractivity contribution in [2.24, 2.45) is 0 Å². The lowest BCUT2D eigenvalue weighted by Gasteiger charge is -2.40. The summed E-state index contributed by atoms with van der Waals surface area (Å²) < 4.78 is 17.7. The van der Waals surface area contributed by atoms with Gasteiger partial charge in [0.1, 0.15) is 12.2 Å². The van der Waals surface area contributed by atoms with Crippen LogP contribution in [0, 0.1) is 0 Å². The van der Waals surface area contributed by atoms with E-state index in [2.05, 4.69) is 33.9 Å². The average Bonchev–Trinajstić information content (AvgIpc) is 2.92. The Bertz CT molecular complexity index is 575. The Morgan fingerprint density at radius 3 is 2.42 bits per heavy atom. The van der Waals surface area contributed by atoms with Crippen molar-refractivity contribution in [1.29, 1.82) is 0 Å². The molecule has 0 unspecified atom stereocenters. The lowest BCUT2D eigenvalue weighted by molar-refractivity contribution is -0.143. The molecule has 2 atom stereocenters. The van der Waals surface area contributed by atoms with Crippen molar-refractivity contribution >= 4 is 14.3 Å². The molecule has 0 aliphatic carbocycles. The second kappa shape index (κ2) is 7.63. The minimum atomic E-state index is -1.99. The fourth-order valence-electron chi connectivity index (χ4n) is 2.20. The van der Waals surface area contributed by atoms with Crippen LogP contribution in [0.15, 0.2) is 42.5 Å². The van der Waals surface area contributed by atoms with Gasteiger partial charge < -0.3 is 13.9 Å². The SMILES string of the molecule is CC(C)(C)[Si](C)(C)O[C@@H](COCc1ccccc1)[C@@H]1C=CC(=O)O1. The van der Waals surface area contributed by atoms with E-state index in [0.717, 1.165) is 5.56 Å². The third-order valence-corrected chi connectivity index (χ3v) is 9.19. The molecule has 0 fully saturated rings. The molecule has 1 aromatic rings. The molecule has 0 N–H and O–H groups in total. The summed E-state index contributed by atoms with van der Waals surface area (Å²) in [5.74, 6) is -0.313. The van der Waals surface area contributed by atoms with E-state index >= 15 is 0 Å². The number of carbonyl (C=O) groups excluding carboxylic acids is 1. The topological polar surface area (TPSA) is 44.8 Å². The molecule has 1 heterocycles. The van der Waals surface area contributed by atoms with Gasteiger partial charge in [-0.05, 0) is 29.8 Å². The molecule has 4 nitrogen and oxygen atoms in total. The van der Waals surface area contributed by atoms with E-state index < -0.39 is 8.32 Å². The van der Waals surface area contributed by atoms with Gasteiger partial charge in [-0.15, -0.1) is 0 Å². The number of hydrogen-bond donors (Lipinski definition) is 0. The molecule has 0 saturated heterocycles. The normalized spacial score (nSPS) is 19.4. The zero-order valence-corrected chi connectivity index (χ0v) is 16.2. The highest BCUT2D eigenvalue weighted by Crippen LogP contribution is 2.38. The third kappa shape index (κ3) is 5.03. The molecule has 0 saturated carbocycles. The lowest BCUT2D eigenvalue weighted by atomic mass is 10.2. The van der Waals surface area contributed by atoms with Gasteiger partial charge in [0.15, 0.2) is 8.32 Å². The molecule has 0 amide bonds. The van der Waals surface area contributed by atoms with Gasteiger partial charge in [0.25, 0.3) is 0 Å². The van der Waals surface area contributed by atoms with Crippen LogP contribution in [0.25, 0.3) is 0 Å². The summed E-state index contributed by atoms with van der Waals surface area (Å²) in [6.07, 6.45) is 2.58. The Balaban J connectivity index is 2.00. The maximum absolute atomic E-state index is 11.4. The summed E-state index contributed by atoms with van der Waals surface area (Å²) in [5.41, 5.74) is 1.11. The smallest absolute Gasteiger partial charge is 0.331 e. The van der Waals surface area contributed by atoms with Crippen LogP contribution >= 0.6 is 0 Å². The standard InChI is InChI=1S/C19H28O4Si/c1-19(2,3)24(4,5)23-17(16-11-12-18(20)22-16)14-21-13-15-9-7-6-8-10-15/h6-12,16-17H,13-14H2,1-5H3/t16-,17-/m0/s1. The predicted molar refractivity (Wildman–Crippen MR) is 97.2 cm³/mol. The van der Waals surface area contributed by atoms with E-state index in [0.29, 0.717) is 13.2 Å². The first-order valence-corrected chi connectivity index (χ1v) is 11.3. The monoisotopic (exact) mass is 348 g/mol. The molecule has 0 spiro atoms. The molecule has 5 heteroatoms. The van der Waals surface area contributed by atoms with Crippen LogP contribution in [-0.2, 0) is 25.3 Å². The lowest BCUT2D eigenvalue weighted by Crippen LogP contribution is -2.48. The molecule has 1 aromatic carbocycles. The maximum Gasteiger partial charge on any atom is 0.331 e. The highest BCUT2D eigenvalue weighted by molar-refractivity contribution is 6.74. The van der Waals surface area contributed by atoms with Crippen LogP contribution in [0.5, 0.6) is 0 Å². The summed E-state index contributed by atoms with van der Waals surface area (Å²) >= 11 is 0. The summed E-state index contributed by atoms with van der Waals surface area (Å²) in [6, 6.07) is 10.0. The Morgan fingerprint density at radius 2 is 1.88 bits per heavy atom. The van der Waals surface area contributed by atoms with Gasteiger partial charge in [-0.1, -0.05) is 51.1 Å². The van der Waals surface area contributed by atoms with E-state index in [1.165, 1.54) is 6.08 Å². The van der Waals surface area contributed by atoms with Crippen molar-refractivity contribution in [3.8, 4) is 0 Å². The van der Waals surface area contributed by atoms with Crippen LogP contribution in [0.4, 0.5) is 0 Å². The first-order chi connectivity index (χ1) is 11.2. The van der Waals surface area contributed by atoms with Gasteiger partial charge in [-0.3, -0.25) is 0 Å². The fourth-order valence-corrected chi connectivity index (χ4v) is 3.52. The summed E-state index contributed by atoms with van der Waals surface area (Å²) in [5, 5.41) is 0.0804. The van der Waals surface area contributed by atoms with Gasteiger partial charge in [0.05, 0.1) is 13.2 Å². The highest BCUT2D eigenvalue weighted by Gasteiger charge is 2.41. The van der Waals surface area contributed by atoms with Crippen LogP contribution in [0.2, 0.25) is 18.1 Å². The zero-order valence-electron chi connectivity index (χ0n) is 15.2. The second-order valence-corrected chi connectivity index (χ2v) is 12.4. The van der Waals surface area contributed by atoms with E-state index in [4.69, 9.17) is 13.9 Å². The van der Waals surface area contributed by atoms with Gasteiger partial charge in [-0.2, -0.15) is 0 Å². The molecule has 0 aromatic heterocycles. The highest BCUT2D eigenvalue weighted by atomic mass is 28.4. The van der Waals surface area contributed by atoms with Crippen molar-refractivity contribution in [1.82, 2.24) is 0 Å². The van der Waals surface area contributed by atoms with Gasteiger partial charge in [0.2, 0.25) is 0 Å². The van der Waals surface area contributed by atoms with E-state index in [1.54, 1.807) is 6.08 Å². The number of carbonyl (C=O) groups is 1. The van der Waals surface area contributed by atoms with Crippen LogP contribution in [0.1, 0.15) is 26.3 Å². The Hall–Kier alpha value is -1.43. The second-order valence-electron chi connectivity index (χ2n) is 7.68. The maximum atomic E-state index is 11.4. The van der Waals surface area contributed by atoms with Gasteiger partial charge in [0, 0.05) is 6.08 Å². The van der Waals surface area contributed by atoms with Crippen LogP contribution in [-0.4, -0.2) is 33.1 Å². The molecule has 0 radical (unpaired) electrons. The van der Waals surface area contributed by atoms with Gasteiger partial charge in [-0.25, -0.2) is 4.79 Å². The number of rotatable bonds is 7. The number of ether oxygens (including phenoxy) is 2. The van der Waals surface area contributed by atoms with Crippen LogP contribution < -0.4 is 0 Å². The zero-order chi connectivity index (χ0) is 17.8. The first kappa shape index (κ1) is 18.9. The summed E-state index contributed by atoms with van der Waals surface area (Å²) in [6.45, 7) is 11.9. The van der Waals surface area contributed by atoms with E-state index in [-0.39, 0.29) is 23.2 Å². The largest absolute Gasteiger partial charge is 0.452 e. The molecular formula is C19H28O4Si. The van der Waals surface area contributed by atoms with Crippen molar-refractivity contribution in [2.75, 3.05) is 6.61 Å². The number of benzene rings is 1. The van der Waals surface area contributed by atoms with E-state index in [1.807, 2.05) is 30.3 Å². The Labute approximate surface area is 145 Å². The summed E-state index contributed by atoms with van der Waals surface area (Å²) in [7, 11) is -1.99. The van der Waals surface area contributed by atoms with Crippen LogP contribution in [0.3, 0.4) is 0 Å². The Morgan fingerprint density at radius 1 is 1.21 bits per heavy atom. The molecule has 132 valence electrons. The van der Waals surface area contributed by atoms with Crippen molar-refractivity contribution in [3.63, 3.8) is 0 Å². The molecule has 1 aliphatic rings. The van der Waals surface area contributed by atoms with Gasteiger partial charge >= 0.3 is 5.97 Å². The Kier molecular flexibility index (Phi) is 6.01. The first-order valence-electron chi connectivity index (χ1n) is 8.37. The van der Waals surface area contributed by atoms with E-state index in [9.17, 15) is 4.79 Å². The fraction of sp³-hybridized carbons (Fsp3) is 0.526. The average molecular weight is 349 g/mol. The number of cyclic esters (lactones) is 1. The third-order valence-electron chi connectivity index (χ3n) is 4.69. The van der Waals surface area contributed by atoms with Crippen molar-refractivity contribution in [2.45, 2.75) is 57.7 Å². The number of esters is 1. The molecule has 24 heavy (non-hydrogen) atoms. The molecule has 2 rings (SSSR count). The number of hydrogen-bond acceptors (Lipinski definition) is 4. The minimum absolute atomic E-state index is 0.0804. The minimum Gasteiger partial charge on any atom is -0.452 e. The molecule has 0 bridgehead atoms. The van der Waals surface area contributed by atoms with Crippen molar-refractivity contribution < 1.29 is 18.7 Å². The summed E-state index contributed by atoms with van der Waals surface area (Å²) in [4.78, 5) is 11.4. The predicted octanol–water partition coefficient (Wildman–Crippen LogP) is 4.08. The molecular weight excluding hydrogens is 320 g/mol. The van der Waals surface area contributed by atoms with Crippen molar-refractivity contribution in [3.05, 3.63) is 48.0 Å². The molecule has 1 aliphatic heterocycles.